The number of hydrogen-bond acceptors (Lipinski definition) is 3. The zero-order valence-corrected chi connectivity index (χ0v) is 14.9. The van der Waals surface area contributed by atoms with Gasteiger partial charge in [-0.05, 0) is 49.7 Å². The Balaban J connectivity index is 1.45. The summed E-state index contributed by atoms with van der Waals surface area (Å²) in [4.78, 5) is 16.5. The molecule has 4 nitrogen and oxygen atoms in total. The number of benzene rings is 2. The number of hydrogen-bond donors (Lipinski definition) is 0. The lowest BCUT2D eigenvalue weighted by Gasteiger charge is -2.18. The maximum Gasteiger partial charge on any atom is 0.253 e. The smallest absolute Gasteiger partial charge is 0.253 e. The van der Waals surface area contributed by atoms with Gasteiger partial charge in [-0.2, -0.15) is 0 Å². The molecule has 0 atom stereocenters. The highest BCUT2D eigenvalue weighted by Gasteiger charge is 2.19. The zero-order chi connectivity index (χ0) is 17.5. The zero-order valence-electron chi connectivity index (χ0n) is 14.9. The number of nitrogens with zero attached hydrogens (tertiary/aromatic N) is 2. The molecular weight excluding hydrogens is 312 g/mol. The molecule has 0 saturated carbocycles. The molecule has 25 heavy (non-hydrogen) atoms. The Morgan fingerprint density at radius 2 is 1.72 bits per heavy atom. The van der Waals surface area contributed by atoms with Gasteiger partial charge in [0.25, 0.3) is 5.91 Å². The van der Waals surface area contributed by atoms with Crippen molar-refractivity contribution in [3.05, 3.63) is 65.7 Å². The molecule has 1 heterocycles. The molecule has 0 spiro atoms. The highest BCUT2D eigenvalue weighted by molar-refractivity contribution is 5.94. The Hall–Kier alpha value is -2.33. The summed E-state index contributed by atoms with van der Waals surface area (Å²) in [5.74, 6) is 1.06. The van der Waals surface area contributed by atoms with E-state index in [4.69, 9.17) is 4.74 Å². The van der Waals surface area contributed by atoms with Crippen LogP contribution in [0.1, 0.15) is 28.8 Å². The second-order valence-electron chi connectivity index (χ2n) is 6.60. The van der Waals surface area contributed by atoms with Crippen LogP contribution in [0.25, 0.3) is 0 Å². The molecule has 0 unspecified atom stereocenters. The lowest BCUT2D eigenvalue weighted by molar-refractivity contribution is 0.0793. The van der Waals surface area contributed by atoms with Crippen LogP contribution >= 0.6 is 0 Å². The van der Waals surface area contributed by atoms with Crippen molar-refractivity contribution in [3.63, 3.8) is 0 Å². The Labute approximate surface area is 150 Å². The molecule has 1 amide bonds. The third-order valence-electron chi connectivity index (χ3n) is 4.53. The number of likely N-dealkylation sites (N-methyl/N-ethyl adjacent to an activating group) is 1. The van der Waals surface area contributed by atoms with Gasteiger partial charge in [-0.25, -0.2) is 0 Å². The van der Waals surface area contributed by atoms with Gasteiger partial charge in [0.1, 0.15) is 12.4 Å². The molecule has 0 radical (unpaired) electrons. The largest absolute Gasteiger partial charge is 0.492 e. The Kier molecular flexibility index (Phi) is 6.07. The van der Waals surface area contributed by atoms with Crippen LogP contribution in [0.15, 0.2) is 54.6 Å². The number of carbonyl (C=O) groups is 1. The van der Waals surface area contributed by atoms with Gasteiger partial charge in [0, 0.05) is 31.7 Å². The lowest BCUT2D eigenvalue weighted by atomic mass is 10.1. The average molecular weight is 338 g/mol. The normalized spacial score (nSPS) is 14.1. The maximum atomic E-state index is 12.4. The summed E-state index contributed by atoms with van der Waals surface area (Å²) in [5.41, 5.74) is 2.00. The first-order chi connectivity index (χ1) is 12.2. The second kappa shape index (κ2) is 8.67. The monoisotopic (exact) mass is 338 g/mol. The average Bonchev–Trinajstić information content (AvgIpc) is 3.17. The van der Waals surface area contributed by atoms with E-state index in [0.717, 1.165) is 50.3 Å². The van der Waals surface area contributed by atoms with Crippen molar-refractivity contribution in [2.75, 3.05) is 33.3 Å². The molecule has 0 bridgehead atoms. The first-order valence-electron chi connectivity index (χ1n) is 8.97. The molecule has 2 aromatic rings. The van der Waals surface area contributed by atoms with Crippen molar-refractivity contribution in [1.82, 2.24) is 9.80 Å². The molecule has 0 N–H and O–H groups in total. The van der Waals surface area contributed by atoms with Crippen molar-refractivity contribution in [1.29, 1.82) is 0 Å². The fourth-order valence-electron chi connectivity index (χ4n) is 3.08. The van der Waals surface area contributed by atoms with E-state index in [1.165, 1.54) is 5.56 Å². The van der Waals surface area contributed by atoms with E-state index in [-0.39, 0.29) is 5.91 Å². The fraction of sp³-hybridized carbons (Fsp3) is 0.381. The van der Waals surface area contributed by atoms with Crippen LogP contribution in [0.4, 0.5) is 0 Å². The van der Waals surface area contributed by atoms with Crippen molar-refractivity contribution < 1.29 is 9.53 Å². The number of rotatable bonds is 7. The van der Waals surface area contributed by atoms with E-state index >= 15 is 0 Å². The van der Waals surface area contributed by atoms with Gasteiger partial charge in [-0.15, -0.1) is 0 Å². The summed E-state index contributed by atoms with van der Waals surface area (Å²) in [6.07, 6.45) is 2.25. The minimum atomic E-state index is 0.161. The fourth-order valence-corrected chi connectivity index (χ4v) is 3.08. The molecule has 1 aliphatic rings. The van der Waals surface area contributed by atoms with Crippen LogP contribution < -0.4 is 4.74 Å². The highest BCUT2D eigenvalue weighted by Crippen LogP contribution is 2.14. The van der Waals surface area contributed by atoms with E-state index < -0.39 is 0 Å². The van der Waals surface area contributed by atoms with Gasteiger partial charge < -0.3 is 9.64 Å². The number of carbonyl (C=O) groups excluding carboxylic acids is 1. The number of ether oxygens (including phenoxy) is 1. The first kappa shape index (κ1) is 17.5. The van der Waals surface area contributed by atoms with E-state index in [2.05, 4.69) is 24.1 Å². The highest BCUT2D eigenvalue weighted by atomic mass is 16.5. The van der Waals surface area contributed by atoms with Crippen LogP contribution in [0.5, 0.6) is 5.75 Å². The van der Waals surface area contributed by atoms with Gasteiger partial charge in [-0.1, -0.05) is 30.3 Å². The van der Waals surface area contributed by atoms with Crippen LogP contribution in [0.3, 0.4) is 0 Å². The summed E-state index contributed by atoms with van der Waals surface area (Å²) < 4.78 is 5.73. The van der Waals surface area contributed by atoms with E-state index in [1.54, 1.807) is 0 Å². The van der Waals surface area contributed by atoms with Gasteiger partial charge in [0.05, 0.1) is 0 Å². The number of likely N-dealkylation sites (tertiary alicyclic amines) is 1. The maximum absolute atomic E-state index is 12.4. The third-order valence-corrected chi connectivity index (χ3v) is 4.53. The standard InChI is InChI=1S/C21H26N2O2/c1-22(15-16-25-20-7-3-2-4-8-20)17-18-9-11-19(12-10-18)21(24)23-13-5-6-14-23/h2-4,7-12H,5-6,13-17H2,1H3. The molecule has 132 valence electrons. The third kappa shape index (κ3) is 5.07. The molecular formula is C21H26N2O2. The van der Waals surface area contributed by atoms with Crippen molar-refractivity contribution in [2.24, 2.45) is 0 Å². The molecule has 2 aromatic carbocycles. The molecule has 4 heteroatoms. The van der Waals surface area contributed by atoms with E-state index in [9.17, 15) is 4.79 Å². The summed E-state index contributed by atoms with van der Waals surface area (Å²) in [6.45, 7) is 4.14. The SMILES string of the molecule is CN(CCOc1ccccc1)Cc1ccc(C(=O)N2CCCC2)cc1. The minimum absolute atomic E-state index is 0.161. The molecule has 0 aliphatic carbocycles. The quantitative estimate of drug-likeness (QED) is 0.775. The number of amides is 1. The first-order valence-corrected chi connectivity index (χ1v) is 8.97. The Morgan fingerprint density at radius 1 is 1.04 bits per heavy atom. The molecule has 1 saturated heterocycles. The summed E-state index contributed by atoms with van der Waals surface area (Å²) in [5, 5.41) is 0. The summed E-state index contributed by atoms with van der Waals surface area (Å²) in [6, 6.07) is 17.9. The van der Waals surface area contributed by atoms with E-state index in [1.807, 2.05) is 47.4 Å². The van der Waals surface area contributed by atoms with Gasteiger partial charge in [-0.3, -0.25) is 9.69 Å². The topological polar surface area (TPSA) is 32.8 Å². The van der Waals surface area contributed by atoms with Crippen molar-refractivity contribution in [2.45, 2.75) is 19.4 Å². The summed E-state index contributed by atoms with van der Waals surface area (Å²) >= 11 is 0. The molecule has 1 fully saturated rings. The van der Waals surface area contributed by atoms with Crippen molar-refractivity contribution in [3.8, 4) is 5.75 Å². The minimum Gasteiger partial charge on any atom is -0.492 e. The van der Waals surface area contributed by atoms with Crippen molar-refractivity contribution >= 4 is 5.91 Å². The van der Waals surface area contributed by atoms with Gasteiger partial charge in [0.15, 0.2) is 0 Å². The van der Waals surface area contributed by atoms with Crippen LogP contribution in [0, 0.1) is 0 Å². The molecule has 1 aliphatic heterocycles. The summed E-state index contributed by atoms with van der Waals surface area (Å²) in [7, 11) is 2.08. The molecule has 3 rings (SSSR count). The Bertz CT molecular complexity index is 664. The van der Waals surface area contributed by atoms with Crippen LogP contribution in [-0.4, -0.2) is 49.0 Å². The van der Waals surface area contributed by atoms with E-state index in [0.29, 0.717) is 6.61 Å². The lowest BCUT2D eigenvalue weighted by Crippen LogP contribution is -2.27. The van der Waals surface area contributed by atoms with Crippen LogP contribution in [-0.2, 0) is 6.54 Å². The van der Waals surface area contributed by atoms with Gasteiger partial charge >= 0.3 is 0 Å². The van der Waals surface area contributed by atoms with Gasteiger partial charge in [0.2, 0.25) is 0 Å². The number of para-hydroxylation sites is 1. The predicted octanol–water partition coefficient (Wildman–Crippen LogP) is 3.43. The molecule has 0 aromatic heterocycles. The predicted molar refractivity (Wildman–Crippen MR) is 99.9 cm³/mol. The van der Waals surface area contributed by atoms with Crippen LogP contribution in [0.2, 0.25) is 0 Å². The second-order valence-corrected chi connectivity index (χ2v) is 6.60. The Morgan fingerprint density at radius 3 is 2.40 bits per heavy atom.